The van der Waals surface area contributed by atoms with Crippen molar-refractivity contribution >= 4 is 0 Å². The molecule has 0 bridgehead atoms. The summed E-state index contributed by atoms with van der Waals surface area (Å²) in [6.45, 7) is 0. The van der Waals surface area contributed by atoms with Crippen LogP contribution in [0.25, 0.3) is 89.8 Å². The molecule has 0 radical (unpaired) electrons. The molecule has 0 amide bonds. The van der Waals surface area contributed by atoms with E-state index in [-0.39, 0.29) is 0 Å². The summed E-state index contributed by atoms with van der Waals surface area (Å²) in [5.41, 5.74) is 18.6. The Morgan fingerprint density at radius 1 is 0.224 bits per heavy atom. The number of hydrogen-bond donors (Lipinski definition) is 0. The van der Waals surface area contributed by atoms with E-state index in [1.165, 1.54) is 33.4 Å². The molecule has 314 valence electrons. The molecule has 12 rings (SSSR count). The fourth-order valence-electron chi connectivity index (χ4n) is 10.2. The molecule has 11 aromatic rings. The Hall–Kier alpha value is -8.79. The van der Waals surface area contributed by atoms with Gasteiger partial charge in [0.25, 0.3) is 0 Å². The van der Waals surface area contributed by atoms with Gasteiger partial charge in [0.05, 0.1) is 5.41 Å². The van der Waals surface area contributed by atoms with Crippen LogP contribution in [0.15, 0.2) is 261 Å². The first kappa shape index (κ1) is 39.8. The molecular weight excluding hydrogens is 811 g/mol. The third kappa shape index (κ3) is 7.06. The first-order valence-electron chi connectivity index (χ1n) is 22.8. The van der Waals surface area contributed by atoms with Crippen molar-refractivity contribution in [3.63, 3.8) is 0 Å². The predicted octanol–water partition coefficient (Wildman–Crippen LogP) is 15.9. The molecule has 1 heterocycles. The second-order valence-corrected chi connectivity index (χ2v) is 17.1. The molecule has 0 saturated carbocycles. The van der Waals surface area contributed by atoms with Gasteiger partial charge in [-0.15, -0.1) is 0 Å². The maximum absolute atomic E-state index is 5.41. The second-order valence-electron chi connectivity index (χ2n) is 17.1. The molecule has 0 saturated heterocycles. The maximum atomic E-state index is 5.41. The van der Waals surface area contributed by atoms with Crippen LogP contribution in [0, 0.1) is 0 Å². The van der Waals surface area contributed by atoms with Gasteiger partial charge in [-0.3, -0.25) is 0 Å². The number of aromatic nitrogens is 3. The molecule has 10 aromatic carbocycles. The molecule has 0 N–H and O–H groups in total. The first-order chi connectivity index (χ1) is 33.2. The molecular formula is C64H43N3. The van der Waals surface area contributed by atoms with Crippen LogP contribution in [-0.2, 0) is 5.41 Å². The third-order valence-electron chi connectivity index (χ3n) is 13.2. The molecule has 1 aliphatic carbocycles. The lowest BCUT2D eigenvalue weighted by atomic mass is 9.67. The van der Waals surface area contributed by atoms with Crippen molar-refractivity contribution in [2.24, 2.45) is 0 Å². The molecule has 0 atom stereocenters. The van der Waals surface area contributed by atoms with Crippen molar-refractivity contribution < 1.29 is 0 Å². The van der Waals surface area contributed by atoms with E-state index in [4.69, 9.17) is 15.0 Å². The van der Waals surface area contributed by atoms with Gasteiger partial charge in [0.15, 0.2) is 17.5 Å². The fourth-order valence-corrected chi connectivity index (χ4v) is 10.2. The maximum Gasteiger partial charge on any atom is 0.164 e. The van der Waals surface area contributed by atoms with Crippen molar-refractivity contribution in [1.82, 2.24) is 15.0 Å². The van der Waals surface area contributed by atoms with Gasteiger partial charge in [0.2, 0.25) is 0 Å². The van der Waals surface area contributed by atoms with Crippen molar-refractivity contribution in [2.75, 3.05) is 0 Å². The van der Waals surface area contributed by atoms with E-state index in [1.807, 2.05) is 24.3 Å². The zero-order valence-corrected chi connectivity index (χ0v) is 36.7. The molecule has 1 aliphatic rings. The molecule has 3 heteroatoms. The minimum absolute atomic E-state index is 0.499. The lowest BCUT2D eigenvalue weighted by molar-refractivity contribution is 0.768. The van der Waals surface area contributed by atoms with Gasteiger partial charge in [-0.25, -0.2) is 15.0 Å². The van der Waals surface area contributed by atoms with Crippen molar-refractivity contribution in [3.8, 4) is 89.8 Å². The molecule has 0 aliphatic heterocycles. The summed E-state index contributed by atoms with van der Waals surface area (Å²) < 4.78 is 0. The van der Waals surface area contributed by atoms with E-state index >= 15 is 0 Å². The molecule has 0 fully saturated rings. The van der Waals surface area contributed by atoms with Gasteiger partial charge in [-0.1, -0.05) is 243 Å². The molecule has 3 nitrogen and oxygen atoms in total. The highest BCUT2D eigenvalue weighted by Gasteiger charge is 2.46. The minimum atomic E-state index is -0.499. The van der Waals surface area contributed by atoms with E-state index in [9.17, 15) is 0 Å². The highest BCUT2D eigenvalue weighted by atomic mass is 15.0. The zero-order chi connectivity index (χ0) is 44.6. The Labute approximate surface area is 391 Å². The summed E-state index contributed by atoms with van der Waals surface area (Å²) in [6, 6.07) is 93.2. The van der Waals surface area contributed by atoms with Gasteiger partial charge in [-0.05, 0) is 90.5 Å². The molecule has 0 spiro atoms. The highest BCUT2D eigenvalue weighted by Crippen LogP contribution is 2.57. The van der Waals surface area contributed by atoms with Crippen LogP contribution in [0.4, 0.5) is 0 Å². The number of nitrogens with zero attached hydrogens (tertiary/aromatic N) is 3. The van der Waals surface area contributed by atoms with Crippen LogP contribution in [-0.4, -0.2) is 15.0 Å². The van der Waals surface area contributed by atoms with E-state index in [1.54, 1.807) is 0 Å². The predicted molar refractivity (Wildman–Crippen MR) is 275 cm³/mol. The number of hydrogen-bond acceptors (Lipinski definition) is 3. The SMILES string of the molecule is c1ccc(-c2ccc(-c3nc(-c4ccccc4)nc(-c4cc(-c5ccccc5)cc(-c5ccc6c(c5)-c5ccccc5C6(c5ccccc5)c5ccccc5)c4-c4ccccc4)n3)cc2)cc1. The Kier molecular flexibility index (Phi) is 10.1. The van der Waals surface area contributed by atoms with Gasteiger partial charge in [0, 0.05) is 22.3 Å². The van der Waals surface area contributed by atoms with Crippen molar-refractivity contribution in [3.05, 3.63) is 283 Å². The zero-order valence-electron chi connectivity index (χ0n) is 36.7. The number of benzene rings is 10. The Morgan fingerprint density at radius 3 is 1.18 bits per heavy atom. The van der Waals surface area contributed by atoms with Gasteiger partial charge < -0.3 is 0 Å². The summed E-state index contributed by atoms with van der Waals surface area (Å²) in [5.74, 6) is 1.83. The number of fused-ring (bicyclic) bond motifs is 3. The lowest BCUT2D eigenvalue weighted by Crippen LogP contribution is -2.28. The van der Waals surface area contributed by atoms with Crippen molar-refractivity contribution in [2.45, 2.75) is 5.41 Å². The van der Waals surface area contributed by atoms with Gasteiger partial charge >= 0.3 is 0 Å². The standard InChI is InChI=1S/C64H43N3/c1-7-21-44(22-8-1)46-35-37-49(38-36-46)62-65-61(48-27-13-4-14-28-48)66-63(67-62)57-43-51(45-23-9-2-10-24-45)42-55(60(57)47-25-11-3-12-26-47)50-39-40-59-56(41-50)54-33-19-20-34-58(54)64(59,52-29-15-5-16-30-52)53-31-17-6-18-32-53/h1-43H. The summed E-state index contributed by atoms with van der Waals surface area (Å²) in [7, 11) is 0. The monoisotopic (exact) mass is 853 g/mol. The van der Waals surface area contributed by atoms with Crippen LogP contribution in [0.3, 0.4) is 0 Å². The Morgan fingerprint density at radius 2 is 0.597 bits per heavy atom. The van der Waals surface area contributed by atoms with E-state index in [2.05, 4.69) is 237 Å². The summed E-state index contributed by atoms with van der Waals surface area (Å²) in [5, 5.41) is 0. The van der Waals surface area contributed by atoms with Crippen LogP contribution in [0.5, 0.6) is 0 Å². The van der Waals surface area contributed by atoms with Gasteiger partial charge in [-0.2, -0.15) is 0 Å². The smallest absolute Gasteiger partial charge is 0.164 e. The van der Waals surface area contributed by atoms with Crippen LogP contribution >= 0.6 is 0 Å². The Bertz CT molecular complexity index is 3480. The quantitative estimate of drug-likeness (QED) is 0.145. The summed E-state index contributed by atoms with van der Waals surface area (Å²) >= 11 is 0. The molecule has 67 heavy (non-hydrogen) atoms. The van der Waals surface area contributed by atoms with Crippen LogP contribution in [0.2, 0.25) is 0 Å². The second kappa shape index (κ2) is 17.0. The largest absolute Gasteiger partial charge is 0.208 e. The van der Waals surface area contributed by atoms with E-state index in [0.717, 1.165) is 61.2 Å². The average molecular weight is 854 g/mol. The first-order valence-corrected chi connectivity index (χ1v) is 22.8. The highest BCUT2D eigenvalue weighted by molar-refractivity contribution is 5.99. The molecule has 0 unspecified atom stereocenters. The third-order valence-corrected chi connectivity index (χ3v) is 13.2. The summed E-state index contributed by atoms with van der Waals surface area (Å²) in [4.78, 5) is 15.9. The topological polar surface area (TPSA) is 38.7 Å². The average Bonchev–Trinajstić information content (AvgIpc) is 3.72. The van der Waals surface area contributed by atoms with Gasteiger partial charge in [0.1, 0.15) is 0 Å². The Balaban J connectivity index is 1.12. The van der Waals surface area contributed by atoms with E-state index in [0.29, 0.717) is 17.5 Å². The normalized spacial score (nSPS) is 12.3. The van der Waals surface area contributed by atoms with Crippen LogP contribution < -0.4 is 0 Å². The molecule has 1 aromatic heterocycles. The minimum Gasteiger partial charge on any atom is -0.208 e. The summed E-state index contributed by atoms with van der Waals surface area (Å²) in [6.07, 6.45) is 0. The lowest BCUT2D eigenvalue weighted by Gasteiger charge is -2.34. The van der Waals surface area contributed by atoms with Crippen molar-refractivity contribution in [1.29, 1.82) is 0 Å². The van der Waals surface area contributed by atoms with Crippen LogP contribution in [0.1, 0.15) is 22.3 Å². The number of rotatable bonds is 9. The van der Waals surface area contributed by atoms with E-state index < -0.39 is 5.41 Å². The fraction of sp³-hybridized carbons (Fsp3) is 0.0156.